The summed E-state index contributed by atoms with van der Waals surface area (Å²) in [7, 11) is 0. The van der Waals surface area contributed by atoms with Gasteiger partial charge in [-0.05, 0) is 68.3 Å². The van der Waals surface area contributed by atoms with E-state index in [2.05, 4.69) is 23.9 Å². The zero-order chi connectivity index (χ0) is 19.3. The summed E-state index contributed by atoms with van der Waals surface area (Å²) < 4.78 is 6.19. The molecule has 2 N–H and O–H groups in total. The van der Waals surface area contributed by atoms with Crippen LogP contribution >= 0.6 is 11.8 Å². The van der Waals surface area contributed by atoms with Gasteiger partial charge < -0.3 is 14.9 Å². The number of carboxylic acid groups (broad SMARTS) is 1. The number of unbranched alkanes of at least 4 members (excludes halogenated alkanes) is 6. The van der Waals surface area contributed by atoms with Gasteiger partial charge in [-0.2, -0.15) is 11.8 Å². The maximum absolute atomic E-state index is 10.5. The first kappa shape index (κ1) is 22.8. The van der Waals surface area contributed by atoms with Gasteiger partial charge in [0.1, 0.15) is 0 Å². The summed E-state index contributed by atoms with van der Waals surface area (Å²) in [5.74, 6) is 3.13. The molecular weight excluding hydrogens is 360 g/mol. The number of fused-ring (bicyclic) bond motifs is 2. The van der Waals surface area contributed by atoms with E-state index in [-0.39, 0.29) is 6.42 Å². The van der Waals surface area contributed by atoms with Gasteiger partial charge in [-0.1, -0.05) is 37.8 Å². The fourth-order valence-electron chi connectivity index (χ4n) is 4.41. The molecule has 2 saturated heterocycles. The Morgan fingerprint density at radius 2 is 1.67 bits per heavy atom. The van der Waals surface area contributed by atoms with E-state index < -0.39 is 5.97 Å². The van der Waals surface area contributed by atoms with Crippen LogP contribution in [0.25, 0.3) is 0 Å². The predicted molar refractivity (Wildman–Crippen MR) is 112 cm³/mol. The Hall–Kier alpha value is -0.520. The molecule has 2 rings (SSSR count). The average Bonchev–Trinajstić information content (AvgIpc) is 3.25. The number of aliphatic hydroxyl groups excluding tert-OH is 1. The third kappa shape index (κ3) is 8.57. The normalized spacial score (nSPS) is 27.0. The maximum atomic E-state index is 10.5. The summed E-state index contributed by atoms with van der Waals surface area (Å²) in [6.45, 7) is 0.333. The third-order valence-corrected chi connectivity index (χ3v) is 7.13. The Labute approximate surface area is 169 Å². The van der Waals surface area contributed by atoms with Crippen LogP contribution in [-0.2, 0) is 9.53 Å². The molecule has 2 heterocycles. The molecule has 2 aliphatic heterocycles. The van der Waals surface area contributed by atoms with E-state index in [0.717, 1.165) is 32.1 Å². The van der Waals surface area contributed by atoms with Gasteiger partial charge in [0.05, 0.1) is 12.2 Å². The lowest BCUT2D eigenvalue weighted by Gasteiger charge is -2.27. The van der Waals surface area contributed by atoms with Crippen molar-refractivity contribution in [1.29, 1.82) is 0 Å². The van der Waals surface area contributed by atoms with E-state index in [0.29, 0.717) is 30.7 Å². The number of carboxylic acids is 1. The monoisotopic (exact) mass is 398 g/mol. The molecule has 0 aromatic carbocycles. The smallest absolute Gasteiger partial charge is 0.303 e. The number of allylic oxidation sites excluding steroid dienone is 2. The minimum absolute atomic E-state index is 0.266. The molecule has 0 aromatic rings. The van der Waals surface area contributed by atoms with Crippen LogP contribution in [0.2, 0.25) is 0 Å². The Morgan fingerprint density at radius 3 is 2.41 bits per heavy atom. The maximum Gasteiger partial charge on any atom is 0.303 e. The molecule has 2 aliphatic rings. The summed E-state index contributed by atoms with van der Waals surface area (Å²) in [5.41, 5.74) is 0. The highest BCUT2D eigenvalue weighted by Gasteiger charge is 2.47. The minimum atomic E-state index is -0.702. The SMILES string of the molecule is O=C(O)CCC/C=C\C[C@@H]1[C@H](CSCCCCCCCCO)[C@@H]2CC[C@H]1O2. The molecule has 4 nitrogen and oxygen atoms in total. The second kappa shape index (κ2) is 13.6. The van der Waals surface area contributed by atoms with E-state index in [1.165, 1.54) is 50.0 Å². The predicted octanol–water partition coefficient (Wildman–Crippen LogP) is 5.05. The molecule has 2 bridgehead atoms. The lowest BCUT2D eigenvalue weighted by Crippen LogP contribution is -2.28. The Bertz CT molecular complexity index is 440. The number of aliphatic hydroxyl groups is 1. The summed E-state index contributed by atoms with van der Waals surface area (Å²) in [5, 5.41) is 17.5. The summed E-state index contributed by atoms with van der Waals surface area (Å²) in [4.78, 5) is 10.5. The molecule has 4 atom stereocenters. The molecule has 5 heteroatoms. The molecule has 0 aliphatic carbocycles. The van der Waals surface area contributed by atoms with Crippen LogP contribution < -0.4 is 0 Å². The highest BCUT2D eigenvalue weighted by atomic mass is 32.2. The molecule has 0 saturated carbocycles. The standard InChI is InChI=1S/C22H38O4S/c23-15-9-5-1-2-6-10-16-27-17-19-18(20-13-14-21(19)26-20)11-7-3-4-8-12-22(24)25/h3,7,18-21,23H,1-2,4-6,8-17H2,(H,24,25)/b7-3-/t18-,19+,20-,21+/m1/s1. The fraction of sp³-hybridized carbons (Fsp3) is 0.864. The number of carbonyl (C=O) groups is 1. The van der Waals surface area contributed by atoms with Crippen molar-refractivity contribution >= 4 is 17.7 Å². The van der Waals surface area contributed by atoms with Crippen molar-refractivity contribution in [1.82, 2.24) is 0 Å². The van der Waals surface area contributed by atoms with Gasteiger partial charge in [0.25, 0.3) is 0 Å². The van der Waals surface area contributed by atoms with Crippen molar-refractivity contribution in [3.63, 3.8) is 0 Å². The zero-order valence-corrected chi connectivity index (χ0v) is 17.5. The molecule has 0 spiro atoms. The lowest BCUT2D eigenvalue weighted by molar-refractivity contribution is -0.137. The minimum Gasteiger partial charge on any atom is -0.481 e. The van der Waals surface area contributed by atoms with Crippen molar-refractivity contribution in [2.75, 3.05) is 18.1 Å². The number of hydrogen-bond acceptors (Lipinski definition) is 4. The van der Waals surface area contributed by atoms with E-state index in [1.807, 2.05) is 0 Å². The van der Waals surface area contributed by atoms with Crippen LogP contribution in [0.5, 0.6) is 0 Å². The van der Waals surface area contributed by atoms with Gasteiger partial charge >= 0.3 is 5.97 Å². The van der Waals surface area contributed by atoms with Gasteiger partial charge in [-0.15, -0.1) is 0 Å². The van der Waals surface area contributed by atoms with Crippen LogP contribution in [0.15, 0.2) is 12.2 Å². The van der Waals surface area contributed by atoms with Crippen molar-refractivity contribution in [2.45, 2.75) is 89.3 Å². The zero-order valence-electron chi connectivity index (χ0n) is 16.7. The average molecular weight is 399 g/mol. The van der Waals surface area contributed by atoms with Crippen LogP contribution in [0, 0.1) is 11.8 Å². The van der Waals surface area contributed by atoms with Crippen molar-refractivity contribution in [3.05, 3.63) is 12.2 Å². The Morgan fingerprint density at radius 1 is 0.963 bits per heavy atom. The summed E-state index contributed by atoms with van der Waals surface area (Å²) in [6, 6.07) is 0. The number of thioether (sulfide) groups is 1. The summed E-state index contributed by atoms with van der Waals surface area (Å²) >= 11 is 2.10. The van der Waals surface area contributed by atoms with E-state index in [1.54, 1.807) is 0 Å². The fourth-order valence-corrected chi connectivity index (χ4v) is 5.72. The van der Waals surface area contributed by atoms with Crippen molar-refractivity contribution in [3.8, 4) is 0 Å². The third-order valence-electron chi connectivity index (χ3n) is 5.93. The van der Waals surface area contributed by atoms with Crippen LogP contribution in [0.1, 0.15) is 77.0 Å². The van der Waals surface area contributed by atoms with Crippen molar-refractivity contribution in [2.24, 2.45) is 11.8 Å². The first-order valence-corrected chi connectivity index (χ1v) is 12.1. The molecule has 156 valence electrons. The molecule has 27 heavy (non-hydrogen) atoms. The quantitative estimate of drug-likeness (QED) is 0.281. The molecule has 0 amide bonds. The Kier molecular flexibility index (Phi) is 11.5. The first-order valence-electron chi connectivity index (χ1n) is 10.9. The van der Waals surface area contributed by atoms with E-state index >= 15 is 0 Å². The van der Waals surface area contributed by atoms with Gasteiger partial charge in [0, 0.05) is 13.0 Å². The largest absolute Gasteiger partial charge is 0.481 e. The number of hydrogen-bond donors (Lipinski definition) is 2. The second-order valence-electron chi connectivity index (χ2n) is 8.03. The number of rotatable bonds is 16. The molecular formula is C22H38O4S. The number of ether oxygens (including phenoxy) is 1. The molecule has 0 aromatic heterocycles. The molecule has 0 radical (unpaired) electrons. The van der Waals surface area contributed by atoms with Gasteiger partial charge in [0.2, 0.25) is 0 Å². The van der Waals surface area contributed by atoms with Crippen LogP contribution in [0.4, 0.5) is 0 Å². The highest BCUT2D eigenvalue weighted by molar-refractivity contribution is 7.99. The van der Waals surface area contributed by atoms with E-state index in [9.17, 15) is 4.79 Å². The van der Waals surface area contributed by atoms with Gasteiger partial charge in [0.15, 0.2) is 0 Å². The lowest BCUT2D eigenvalue weighted by atomic mass is 9.78. The topological polar surface area (TPSA) is 66.8 Å². The van der Waals surface area contributed by atoms with Gasteiger partial charge in [-0.3, -0.25) is 4.79 Å². The Balaban J connectivity index is 1.57. The van der Waals surface area contributed by atoms with Crippen LogP contribution in [-0.4, -0.2) is 46.5 Å². The number of aliphatic carboxylic acids is 1. The molecule has 0 unspecified atom stereocenters. The first-order chi connectivity index (χ1) is 13.2. The summed E-state index contributed by atoms with van der Waals surface area (Å²) in [6.07, 6.45) is 18.1. The van der Waals surface area contributed by atoms with Gasteiger partial charge in [-0.25, -0.2) is 0 Å². The molecule has 2 fully saturated rings. The van der Waals surface area contributed by atoms with Crippen LogP contribution in [0.3, 0.4) is 0 Å². The highest BCUT2D eigenvalue weighted by Crippen LogP contribution is 2.46. The second-order valence-corrected chi connectivity index (χ2v) is 9.18. The van der Waals surface area contributed by atoms with Crippen molar-refractivity contribution < 1.29 is 19.7 Å². The van der Waals surface area contributed by atoms with E-state index in [4.69, 9.17) is 14.9 Å².